The second kappa shape index (κ2) is 9.02. The van der Waals surface area contributed by atoms with E-state index in [4.69, 9.17) is 27.8 Å². The van der Waals surface area contributed by atoms with Crippen LogP contribution in [-0.2, 0) is 11.2 Å². The standard InChI is InChI=1S/C20H18ClFN8O2/c21-7-9-32-20(31)26-16-17(23)27-19(28-18(16)24)30-14-6-3-8-25-15(14)13(29-30)10-11-4-1-2-5-12(11)22/h1-6,8H,7,9-10H2,(H,26,31)(H4,23,24,27,28). The van der Waals surface area contributed by atoms with Gasteiger partial charge in [0.2, 0.25) is 0 Å². The van der Waals surface area contributed by atoms with Crippen LogP contribution >= 0.6 is 11.6 Å². The number of carbonyl (C=O) groups excluding carboxylic acids is 1. The normalized spacial score (nSPS) is 10.9. The minimum absolute atomic E-state index is 0.00879. The number of alkyl halides is 1. The molecule has 4 aromatic rings. The van der Waals surface area contributed by atoms with E-state index in [1.807, 2.05) is 0 Å². The number of nitrogens with zero attached hydrogens (tertiary/aromatic N) is 5. The number of halogens is 2. The number of nitrogen functional groups attached to an aromatic ring is 2. The molecule has 0 aliphatic carbocycles. The van der Waals surface area contributed by atoms with Gasteiger partial charge in [-0.25, -0.2) is 9.18 Å². The number of amides is 1. The van der Waals surface area contributed by atoms with E-state index in [1.165, 1.54) is 10.7 Å². The molecular weight excluding hydrogens is 439 g/mol. The Balaban J connectivity index is 1.72. The Labute approximate surface area is 186 Å². The zero-order valence-electron chi connectivity index (χ0n) is 16.6. The average Bonchev–Trinajstić information content (AvgIpc) is 3.15. The fraction of sp³-hybridized carbons (Fsp3) is 0.150. The minimum Gasteiger partial charge on any atom is -0.448 e. The Hall–Kier alpha value is -3.99. The molecule has 1 aromatic carbocycles. The third-order valence-electron chi connectivity index (χ3n) is 4.50. The summed E-state index contributed by atoms with van der Waals surface area (Å²) in [6.07, 6.45) is 1.04. The fourth-order valence-electron chi connectivity index (χ4n) is 3.08. The van der Waals surface area contributed by atoms with Crippen molar-refractivity contribution in [2.75, 3.05) is 29.3 Å². The van der Waals surface area contributed by atoms with E-state index in [1.54, 1.807) is 36.5 Å². The van der Waals surface area contributed by atoms with Crippen molar-refractivity contribution in [1.82, 2.24) is 24.7 Å². The lowest BCUT2D eigenvalue weighted by Gasteiger charge is -2.11. The van der Waals surface area contributed by atoms with Crippen LogP contribution in [0, 0.1) is 5.82 Å². The van der Waals surface area contributed by atoms with Crippen LogP contribution in [0.5, 0.6) is 0 Å². The van der Waals surface area contributed by atoms with E-state index in [0.717, 1.165) is 0 Å². The number of anilines is 3. The van der Waals surface area contributed by atoms with Gasteiger partial charge in [-0.2, -0.15) is 19.7 Å². The zero-order chi connectivity index (χ0) is 22.7. The number of rotatable bonds is 6. The van der Waals surface area contributed by atoms with Gasteiger partial charge in [-0.15, -0.1) is 11.6 Å². The van der Waals surface area contributed by atoms with E-state index >= 15 is 0 Å². The average molecular weight is 457 g/mol. The molecule has 0 aliphatic rings. The molecule has 0 saturated carbocycles. The predicted molar refractivity (Wildman–Crippen MR) is 118 cm³/mol. The number of benzene rings is 1. The Kier molecular flexibility index (Phi) is 5.99. The second-order valence-corrected chi connectivity index (χ2v) is 6.99. The zero-order valence-corrected chi connectivity index (χ0v) is 17.4. The summed E-state index contributed by atoms with van der Waals surface area (Å²) in [5.74, 6) is -0.300. The molecule has 1 amide bonds. The van der Waals surface area contributed by atoms with Crippen molar-refractivity contribution >= 4 is 46.1 Å². The third-order valence-corrected chi connectivity index (χ3v) is 4.66. The lowest BCUT2D eigenvalue weighted by atomic mass is 10.1. The minimum atomic E-state index is -0.790. The maximum Gasteiger partial charge on any atom is 0.411 e. The number of hydrogen-bond donors (Lipinski definition) is 3. The van der Waals surface area contributed by atoms with Gasteiger partial charge in [-0.3, -0.25) is 10.3 Å². The smallest absolute Gasteiger partial charge is 0.411 e. The van der Waals surface area contributed by atoms with Gasteiger partial charge in [0.1, 0.15) is 23.6 Å². The molecular formula is C20H18ClFN8O2. The Morgan fingerprint density at radius 3 is 2.62 bits per heavy atom. The lowest BCUT2D eigenvalue weighted by Crippen LogP contribution is -2.19. The monoisotopic (exact) mass is 456 g/mol. The highest BCUT2D eigenvalue weighted by atomic mass is 35.5. The number of pyridine rings is 1. The highest BCUT2D eigenvalue weighted by molar-refractivity contribution is 6.18. The first-order chi connectivity index (χ1) is 15.5. The van der Waals surface area contributed by atoms with Crippen LogP contribution in [0.1, 0.15) is 11.3 Å². The van der Waals surface area contributed by atoms with Gasteiger partial charge in [-0.05, 0) is 23.8 Å². The van der Waals surface area contributed by atoms with E-state index in [-0.39, 0.29) is 48.0 Å². The van der Waals surface area contributed by atoms with E-state index < -0.39 is 6.09 Å². The number of fused-ring (bicyclic) bond motifs is 1. The maximum atomic E-state index is 14.2. The Bertz CT molecular complexity index is 1270. The molecule has 3 heterocycles. The maximum absolute atomic E-state index is 14.2. The number of nitrogens with one attached hydrogen (secondary N) is 1. The molecule has 0 unspecified atom stereocenters. The van der Waals surface area contributed by atoms with Crippen LogP contribution in [0.3, 0.4) is 0 Å². The van der Waals surface area contributed by atoms with Gasteiger partial charge < -0.3 is 16.2 Å². The fourth-order valence-corrected chi connectivity index (χ4v) is 3.16. The topological polar surface area (TPSA) is 147 Å². The van der Waals surface area contributed by atoms with E-state index in [9.17, 15) is 9.18 Å². The summed E-state index contributed by atoms with van der Waals surface area (Å²) in [4.78, 5) is 24.6. The Morgan fingerprint density at radius 1 is 1.16 bits per heavy atom. The number of nitrogens with two attached hydrogens (primary N) is 2. The highest BCUT2D eigenvalue weighted by Gasteiger charge is 2.19. The van der Waals surface area contributed by atoms with Crippen LogP contribution < -0.4 is 16.8 Å². The summed E-state index contributed by atoms with van der Waals surface area (Å²) >= 11 is 5.49. The molecule has 4 rings (SSSR count). The van der Waals surface area contributed by atoms with Gasteiger partial charge in [0.25, 0.3) is 5.95 Å². The highest BCUT2D eigenvalue weighted by Crippen LogP contribution is 2.27. The van der Waals surface area contributed by atoms with Crippen LogP contribution in [0.25, 0.3) is 17.0 Å². The molecule has 0 spiro atoms. The first-order valence-corrected chi connectivity index (χ1v) is 10.0. The summed E-state index contributed by atoms with van der Waals surface area (Å²) in [6.45, 7) is 0.0171. The van der Waals surface area contributed by atoms with Crippen molar-refractivity contribution in [3.63, 3.8) is 0 Å². The van der Waals surface area contributed by atoms with E-state index in [0.29, 0.717) is 22.3 Å². The van der Waals surface area contributed by atoms with Crippen molar-refractivity contribution < 1.29 is 13.9 Å². The molecule has 5 N–H and O–H groups in total. The van der Waals surface area contributed by atoms with Gasteiger partial charge >= 0.3 is 6.09 Å². The molecule has 32 heavy (non-hydrogen) atoms. The summed E-state index contributed by atoms with van der Waals surface area (Å²) in [6, 6.07) is 9.93. The quantitative estimate of drug-likeness (QED) is 0.375. The summed E-state index contributed by atoms with van der Waals surface area (Å²) in [5, 5.41) is 6.93. The van der Waals surface area contributed by atoms with Crippen LogP contribution in [-0.4, -0.2) is 43.3 Å². The van der Waals surface area contributed by atoms with Crippen LogP contribution in [0.15, 0.2) is 42.6 Å². The molecule has 0 radical (unpaired) electrons. The van der Waals surface area contributed by atoms with Crippen molar-refractivity contribution in [2.45, 2.75) is 6.42 Å². The second-order valence-electron chi connectivity index (χ2n) is 6.62. The molecule has 0 fully saturated rings. The van der Waals surface area contributed by atoms with Crippen molar-refractivity contribution in [3.05, 3.63) is 59.7 Å². The third kappa shape index (κ3) is 4.23. The van der Waals surface area contributed by atoms with Gasteiger partial charge in [0.05, 0.1) is 17.1 Å². The summed E-state index contributed by atoms with van der Waals surface area (Å²) in [7, 11) is 0. The first kappa shape index (κ1) is 21.2. The SMILES string of the molecule is Nc1nc(-n2nc(Cc3ccccc3F)c3ncccc32)nc(N)c1NC(=O)OCCCl. The number of ether oxygens (including phenoxy) is 1. The largest absolute Gasteiger partial charge is 0.448 e. The molecule has 10 nitrogen and oxygen atoms in total. The molecule has 12 heteroatoms. The Morgan fingerprint density at radius 2 is 1.91 bits per heavy atom. The first-order valence-electron chi connectivity index (χ1n) is 9.47. The van der Waals surface area contributed by atoms with Gasteiger partial charge in [-0.1, -0.05) is 18.2 Å². The number of hydrogen-bond acceptors (Lipinski definition) is 8. The molecule has 3 aromatic heterocycles. The molecule has 0 bridgehead atoms. The molecule has 164 valence electrons. The van der Waals surface area contributed by atoms with E-state index in [2.05, 4.69) is 25.4 Å². The van der Waals surface area contributed by atoms with Gasteiger partial charge in [0, 0.05) is 12.6 Å². The number of aromatic nitrogens is 5. The van der Waals surface area contributed by atoms with Crippen molar-refractivity contribution in [2.24, 2.45) is 0 Å². The molecule has 0 aliphatic heterocycles. The molecule has 0 atom stereocenters. The lowest BCUT2D eigenvalue weighted by molar-refractivity contribution is 0.168. The number of carbonyl (C=O) groups is 1. The van der Waals surface area contributed by atoms with Crippen LogP contribution in [0.2, 0.25) is 0 Å². The van der Waals surface area contributed by atoms with Crippen molar-refractivity contribution in [1.29, 1.82) is 0 Å². The van der Waals surface area contributed by atoms with Gasteiger partial charge in [0.15, 0.2) is 11.6 Å². The van der Waals surface area contributed by atoms with Crippen molar-refractivity contribution in [3.8, 4) is 5.95 Å². The summed E-state index contributed by atoms with van der Waals surface area (Å²) in [5.41, 5.74) is 14.1. The summed E-state index contributed by atoms with van der Waals surface area (Å²) < 4.78 is 20.4. The predicted octanol–water partition coefficient (Wildman–Crippen LogP) is 2.89. The molecule has 0 saturated heterocycles. The van der Waals surface area contributed by atoms with Crippen LogP contribution in [0.4, 0.5) is 26.5 Å².